The molecule has 2 aliphatic rings. The minimum atomic E-state index is 0.109. The zero-order chi connectivity index (χ0) is 17.8. The van der Waals surface area contributed by atoms with E-state index in [0.717, 1.165) is 57.7 Å². The van der Waals surface area contributed by atoms with Crippen LogP contribution in [0.4, 0.5) is 11.4 Å². The van der Waals surface area contributed by atoms with Crippen molar-refractivity contribution in [1.82, 2.24) is 5.32 Å². The summed E-state index contributed by atoms with van der Waals surface area (Å²) in [4.78, 5) is 17.7. The molecule has 4 rings (SSSR count). The molecule has 0 aliphatic carbocycles. The second kappa shape index (κ2) is 7.92. The Morgan fingerprint density at radius 2 is 1.73 bits per heavy atom. The molecule has 4 nitrogen and oxygen atoms in total. The summed E-state index contributed by atoms with van der Waals surface area (Å²) < 4.78 is 0. The van der Waals surface area contributed by atoms with Gasteiger partial charge < -0.3 is 15.1 Å². The molecular formula is C22H27N3O. The van der Waals surface area contributed by atoms with Gasteiger partial charge in [0.15, 0.2) is 0 Å². The quantitative estimate of drug-likeness (QED) is 0.922. The van der Waals surface area contributed by atoms with Crippen LogP contribution in [0.2, 0.25) is 0 Å². The first-order valence-electron chi connectivity index (χ1n) is 9.73. The van der Waals surface area contributed by atoms with Crippen LogP contribution in [0.25, 0.3) is 0 Å². The van der Waals surface area contributed by atoms with E-state index in [9.17, 15) is 4.79 Å². The molecular weight excluding hydrogens is 322 g/mol. The summed E-state index contributed by atoms with van der Waals surface area (Å²) in [6.07, 6.45) is 3.08. The Kier molecular flexibility index (Phi) is 5.21. The molecule has 1 unspecified atom stereocenters. The number of piperidine rings is 1. The Hall–Kier alpha value is -2.33. The summed E-state index contributed by atoms with van der Waals surface area (Å²) in [6, 6.07) is 19.0. The Morgan fingerprint density at radius 1 is 0.962 bits per heavy atom. The molecule has 1 saturated heterocycles. The smallest absolute Gasteiger partial charge is 0.231 e. The van der Waals surface area contributed by atoms with Crippen molar-refractivity contribution >= 4 is 17.3 Å². The van der Waals surface area contributed by atoms with Gasteiger partial charge in [0, 0.05) is 26.2 Å². The second-order valence-corrected chi connectivity index (χ2v) is 7.28. The summed E-state index contributed by atoms with van der Waals surface area (Å²) >= 11 is 0. The van der Waals surface area contributed by atoms with Gasteiger partial charge in [-0.05, 0) is 43.5 Å². The summed E-state index contributed by atoms with van der Waals surface area (Å²) in [5.74, 6) is 0.392. The number of nitrogens with one attached hydrogen (secondary N) is 1. The van der Waals surface area contributed by atoms with Gasteiger partial charge in [0.05, 0.1) is 17.3 Å². The van der Waals surface area contributed by atoms with E-state index in [1.807, 2.05) is 11.0 Å². The zero-order valence-corrected chi connectivity index (χ0v) is 15.2. The van der Waals surface area contributed by atoms with E-state index in [4.69, 9.17) is 0 Å². The number of carbonyl (C=O) groups is 1. The molecule has 0 bridgehead atoms. The predicted molar refractivity (Wildman–Crippen MR) is 106 cm³/mol. The van der Waals surface area contributed by atoms with E-state index in [1.54, 1.807) is 0 Å². The fourth-order valence-corrected chi connectivity index (χ4v) is 4.10. The highest BCUT2D eigenvalue weighted by molar-refractivity contribution is 5.98. The molecule has 0 spiro atoms. The summed E-state index contributed by atoms with van der Waals surface area (Å²) in [6.45, 7) is 4.50. The van der Waals surface area contributed by atoms with E-state index < -0.39 is 0 Å². The number of nitrogens with zero attached hydrogens (tertiary/aromatic N) is 2. The van der Waals surface area contributed by atoms with Crippen LogP contribution in [0.1, 0.15) is 24.8 Å². The number of fused-ring (bicyclic) bond motifs is 1. The highest BCUT2D eigenvalue weighted by atomic mass is 16.2. The number of para-hydroxylation sites is 2. The lowest BCUT2D eigenvalue weighted by Crippen LogP contribution is -2.43. The number of benzene rings is 2. The maximum Gasteiger partial charge on any atom is 0.231 e. The van der Waals surface area contributed by atoms with E-state index >= 15 is 0 Å². The van der Waals surface area contributed by atoms with Crippen molar-refractivity contribution in [3.05, 3.63) is 60.2 Å². The van der Waals surface area contributed by atoms with Crippen molar-refractivity contribution in [3.63, 3.8) is 0 Å². The third-order valence-electron chi connectivity index (χ3n) is 5.45. The van der Waals surface area contributed by atoms with Crippen molar-refractivity contribution in [1.29, 1.82) is 0 Å². The van der Waals surface area contributed by atoms with Crippen LogP contribution in [0.15, 0.2) is 54.6 Å². The number of hydrogen-bond donors (Lipinski definition) is 1. The normalized spacial score (nSPS) is 20.4. The number of rotatable bonds is 3. The SMILES string of the molecule is O=C(C1CCCNC1)N1CCCN(Cc2ccccc2)c2ccccc21. The molecule has 136 valence electrons. The van der Waals surface area contributed by atoms with Gasteiger partial charge in [0.2, 0.25) is 5.91 Å². The van der Waals surface area contributed by atoms with E-state index in [1.165, 1.54) is 11.3 Å². The monoisotopic (exact) mass is 349 g/mol. The standard InChI is InChI=1S/C22H27N3O/c26-22(19-10-6-13-23-16-19)25-15-7-14-24(17-18-8-2-1-3-9-18)20-11-4-5-12-21(20)25/h1-5,8-9,11-12,19,23H,6-7,10,13-17H2. The summed E-state index contributed by atoms with van der Waals surface area (Å²) in [7, 11) is 0. The van der Waals surface area contributed by atoms with Gasteiger partial charge >= 0.3 is 0 Å². The van der Waals surface area contributed by atoms with Crippen molar-refractivity contribution in [2.75, 3.05) is 36.0 Å². The van der Waals surface area contributed by atoms with Gasteiger partial charge in [0.25, 0.3) is 0 Å². The molecule has 1 atom stereocenters. The molecule has 4 heteroatoms. The third kappa shape index (κ3) is 3.61. The lowest BCUT2D eigenvalue weighted by molar-refractivity contribution is -0.122. The van der Waals surface area contributed by atoms with E-state index in [-0.39, 0.29) is 11.8 Å². The van der Waals surface area contributed by atoms with Gasteiger partial charge in [-0.25, -0.2) is 0 Å². The Bertz CT molecular complexity index is 740. The first kappa shape index (κ1) is 17.1. The predicted octanol–water partition coefficient (Wildman–Crippen LogP) is 3.43. The molecule has 0 aromatic heterocycles. The van der Waals surface area contributed by atoms with Gasteiger partial charge in [-0.15, -0.1) is 0 Å². The van der Waals surface area contributed by atoms with Crippen molar-refractivity contribution < 1.29 is 4.79 Å². The van der Waals surface area contributed by atoms with Crippen LogP contribution in [-0.4, -0.2) is 32.1 Å². The molecule has 2 aliphatic heterocycles. The van der Waals surface area contributed by atoms with Crippen LogP contribution >= 0.6 is 0 Å². The van der Waals surface area contributed by atoms with Crippen LogP contribution in [-0.2, 0) is 11.3 Å². The van der Waals surface area contributed by atoms with Gasteiger partial charge in [-0.1, -0.05) is 42.5 Å². The van der Waals surface area contributed by atoms with Crippen LogP contribution in [0.5, 0.6) is 0 Å². The molecule has 2 aromatic rings. The fourth-order valence-electron chi connectivity index (χ4n) is 4.10. The van der Waals surface area contributed by atoms with Gasteiger partial charge in [0.1, 0.15) is 0 Å². The van der Waals surface area contributed by atoms with Crippen LogP contribution in [0, 0.1) is 5.92 Å². The summed E-state index contributed by atoms with van der Waals surface area (Å²) in [5, 5.41) is 3.38. The largest absolute Gasteiger partial charge is 0.365 e. The molecule has 0 radical (unpaired) electrons. The third-order valence-corrected chi connectivity index (χ3v) is 5.45. The number of anilines is 2. The fraction of sp³-hybridized carbons (Fsp3) is 0.409. The molecule has 0 saturated carbocycles. The number of hydrogen-bond acceptors (Lipinski definition) is 3. The average molecular weight is 349 g/mol. The van der Waals surface area contributed by atoms with Crippen molar-refractivity contribution in [2.45, 2.75) is 25.8 Å². The lowest BCUT2D eigenvalue weighted by Gasteiger charge is -2.30. The first-order chi connectivity index (χ1) is 12.8. The lowest BCUT2D eigenvalue weighted by atomic mass is 9.97. The van der Waals surface area contributed by atoms with E-state index in [0.29, 0.717) is 0 Å². The number of amides is 1. The maximum atomic E-state index is 13.2. The second-order valence-electron chi connectivity index (χ2n) is 7.28. The molecule has 2 aromatic carbocycles. The maximum absolute atomic E-state index is 13.2. The molecule has 2 heterocycles. The first-order valence-corrected chi connectivity index (χ1v) is 9.73. The average Bonchev–Trinajstić information content (AvgIpc) is 2.89. The number of carbonyl (C=O) groups excluding carboxylic acids is 1. The Labute approximate surface area is 155 Å². The van der Waals surface area contributed by atoms with Crippen LogP contribution in [0.3, 0.4) is 0 Å². The minimum Gasteiger partial charge on any atom is -0.365 e. The topological polar surface area (TPSA) is 35.6 Å². The highest BCUT2D eigenvalue weighted by Gasteiger charge is 2.30. The van der Waals surface area contributed by atoms with Crippen molar-refractivity contribution in [2.24, 2.45) is 5.92 Å². The van der Waals surface area contributed by atoms with Crippen molar-refractivity contribution in [3.8, 4) is 0 Å². The minimum absolute atomic E-state index is 0.109. The Morgan fingerprint density at radius 3 is 2.50 bits per heavy atom. The van der Waals surface area contributed by atoms with Gasteiger partial charge in [-0.3, -0.25) is 4.79 Å². The molecule has 26 heavy (non-hydrogen) atoms. The zero-order valence-electron chi connectivity index (χ0n) is 15.2. The molecule has 1 fully saturated rings. The highest BCUT2D eigenvalue weighted by Crippen LogP contribution is 2.34. The Balaban J connectivity index is 1.61. The molecule has 1 amide bonds. The van der Waals surface area contributed by atoms with Gasteiger partial charge in [-0.2, -0.15) is 0 Å². The molecule has 1 N–H and O–H groups in total. The van der Waals surface area contributed by atoms with Crippen LogP contribution < -0.4 is 15.1 Å². The summed E-state index contributed by atoms with van der Waals surface area (Å²) in [5.41, 5.74) is 3.54. The van der Waals surface area contributed by atoms with E-state index in [2.05, 4.69) is 58.7 Å².